The van der Waals surface area contributed by atoms with Gasteiger partial charge in [0, 0.05) is 12.1 Å². The van der Waals surface area contributed by atoms with Gasteiger partial charge in [-0.3, -0.25) is 14.5 Å². The molecule has 1 aromatic rings. The van der Waals surface area contributed by atoms with Crippen LogP contribution in [0.15, 0.2) is 24.3 Å². The first-order chi connectivity index (χ1) is 9.09. The number of benzene rings is 1. The fraction of sp³-hybridized carbons (Fsp3) is 0.467. The molecular weight excluding hydrogens is 242 g/mol. The number of fused-ring (bicyclic) bond motifs is 1. The summed E-state index contributed by atoms with van der Waals surface area (Å²) in [4.78, 5) is 25.5. The van der Waals surface area contributed by atoms with E-state index in [2.05, 4.69) is 0 Å². The number of aliphatic hydroxyl groups is 1. The second-order valence-corrected chi connectivity index (χ2v) is 5.03. The Hall–Kier alpha value is -1.68. The maximum absolute atomic E-state index is 12.2. The van der Waals surface area contributed by atoms with E-state index in [1.54, 1.807) is 13.0 Å². The first-order valence-electron chi connectivity index (χ1n) is 6.70. The Labute approximate surface area is 113 Å². The number of amides is 2. The molecule has 0 saturated heterocycles. The molecule has 1 aromatic carbocycles. The van der Waals surface area contributed by atoms with Gasteiger partial charge in [-0.1, -0.05) is 18.2 Å². The van der Waals surface area contributed by atoms with Crippen molar-refractivity contribution in [2.75, 3.05) is 6.54 Å². The lowest BCUT2D eigenvalue weighted by Gasteiger charge is -2.26. The molecule has 102 valence electrons. The van der Waals surface area contributed by atoms with E-state index in [1.807, 2.05) is 18.2 Å². The predicted molar refractivity (Wildman–Crippen MR) is 71.7 cm³/mol. The number of carbonyl (C=O) groups excluding carboxylic acids is 2. The molecule has 2 amide bonds. The molecule has 4 nitrogen and oxygen atoms in total. The van der Waals surface area contributed by atoms with Gasteiger partial charge in [-0.15, -0.1) is 0 Å². The summed E-state index contributed by atoms with van der Waals surface area (Å²) in [5.74, 6) is -0.315. The van der Waals surface area contributed by atoms with Crippen molar-refractivity contribution >= 4 is 11.8 Å². The van der Waals surface area contributed by atoms with Crippen LogP contribution in [0.1, 0.15) is 42.1 Å². The van der Waals surface area contributed by atoms with Crippen LogP contribution in [-0.4, -0.2) is 34.5 Å². The maximum atomic E-state index is 12.2. The fourth-order valence-electron chi connectivity index (χ4n) is 2.34. The molecule has 1 heterocycles. The van der Waals surface area contributed by atoms with E-state index < -0.39 is 0 Å². The zero-order chi connectivity index (χ0) is 13.8. The molecule has 0 radical (unpaired) electrons. The minimum atomic E-state index is -0.325. The van der Waals surface area contributed by atoms with Gasteiger partial charge in [0.15, 0.2) is 0 Å². The third-order valence-electron chi connectivity index (χ3n) is 3.39. The van der Waals surface area contributed by atoms with E-state index in [-0.39, 0.29) is 17.9 Å². The number of carbonyl (C=O) groups is 2. The third-order valence-corrected chi connectivity index (χ3v) is 3.39. The average Bonchev–Trinajstić information content (AvgIpc) is 2.37. The van der Waals surface area contributed by atoms with E-state index in [0.29, 0.717) is 24.9 Å². The van der Waals surface area contributed by atoms with Gasteiger partial charge in [0.1, 0.15) is 0 Å². The van der Waals surface area contributed by atoms with Crippen molar-refractivity contribution in [2.24, 2.45) is 0 Å². The highest BCUT2D eigenvalue weighted by atomic mass is 16.3. The summed E-state index contributed by atoms with van der Waals surface area (Å²) in [7, 11) is 0. The van der Waals surface area contributed by atoms with Gasteiger partial charge in [-0.25, -0.2) is 0 Å². The van der Waals surface area contributed by atoms with Crippen molar-refractivity contribution in [3.63, 3.8) is 0 Å². The molecule has 4 heteroatoms. The van der Waals surface area contributed by atoms with E-state index in [4.69, 9.17) is 0 Å². The topological polar surface area (TPSA) is 57.6 Å². The first kappa shape index (κ1) is 13.7. The number of rotatable bonds is 5. The molecule has 1 unspecified atom stereocenters. The van der Waals surface area contributed by atoms with Crippen molar-refractivity contribution in [1.29, 1.82) is 0 Å². The highest BCUT2D eigenvalue weighted by molar-refractivity contribution is 6.09. The quantitative estimate of drug-likeness (QED) is 0.649. The van der Waals surface area contributed by atoms with Crippen LogP contribution in [0.2, 0.25) is 0 Å². The highest BCUT2D eigenvalue weighted by Crippen LogP contribution is 2.20. The Kier molecular flexibility index (Phi) is 4.32. The Morgan fingerprint density at radius 2 is 2.00 bits per heavy atom. The van der Waals surface area contributed by atoms with Crippen LogP contribution in [-0.2, 0) is 11.2 Å². The summed E-state index contributed by atoms with van der Waals surface area (Å²) in [6, 6.07) is 7.26. The molecule has 2 rings (SSSR count). The van der Waals surface area contributed by atoms with Gasteiger partial charge in [-0.2, -0.15) is 0 Å². The number of hydrogen-bond donors (Lipinski definition) is 1. The SMILES string of the molecule is CC(O)CCCCN1C(=O)Cc2ccccc2C1=O. The second kappa shape index (κ2) is 5.97. The second-order valence-electron chi connectivity index (χ2n) is 5.03. The monoisotopic (exact) mass is 261 g/mol. The molecular formula is C15H19NO3. The smallest absolute Gasteiger partial charge is 0.260 e. The van der Waals surface area contributed by atoms with E-state index in [0.717, 1.165) is 18.4 Å². The van der Waals surface area contributed by atoms with Crippen LogP contribution in [0.4, 0.5) is 0 Å². The van der Waals surface area contributed by atoms with Crippen LogP contribution in [0, 0.1) is 0 Å². The third kappa shape index (κ3) is 3.20. The summed E-state index contributed by atoms with van der Waals surface area (Å²) < 4.78 is 0. The van der Waals surface area contributed by atoms with Gasteiger partial charge in [0.05, 0.1) is 12.5 Å². The lowest BCUT2D eigenvalue weighted by Crippen LogP contribution is -2.42. The molecule has 0 fully saturated rings. The van der Waals surface area contributed by atoms with Crippen molar-refractivity contribution in [2.45, 2.75) is 38.7 Å². The van der Waals surface area contributed by atoms with Crippen LogP contribution in [0.5, 0.6) is 0 Å². The summed E-state index contributed by atoms with van der Waals surface area (Å²) in [6.07, 6.45) is 2.24. The maximum Gasteiger partial charge on any atom is 0.260 e. The van der Waals surface area contributed by atoms with Gasteiger partial charge in [0.25, 0.3) is 5.91 Å². The number of nitrogens with zero attached hydrogens (tertiary/aromatic N) is 1. The molecule has 0 aliphatic carbocycles. The first-order valence-corrected chi connectivity index (χ1v) is 6.70. The molecule has 0 saturated carbocycles. The molecule has 1 aliphatic rings. The number of unbranched alkanes of at least 4 members (excludes halogenated alkanes) is 1. The van der Waals surface area contributed by atoms with Gasteiger partial charge in [-0.05, 0) is 37.8 Å². The number of imide groups is 1. The average molecular weight is 261 g/mol. The zero-order valence-electron chi connectivity index (χ0n) is 11.1. The normalized spacial score (nSPS) is 16.4. The van der Waals surface area contributed by atoms with Crippen LogP contribution in [0.3, 0.4) is 0 Å². The van der Waals surface area contributed by atoms with Gasteiger partial charge >= 0.3 is 0 Å². The van der Waals surface area contributed by atoms with E-state index in [1.165, 1.54) is 4.90 Å². The highest BCUT2D eigenvalue weighted by Gasteiger charge is 2.29. The van der Waals surface area contributed by atoms with Crippen molar-refractivity contribution in [3.05, 3.63) is 35.4 Å². The largest absolute Gasteiger partial charge is 0.393 e. The summed E-state index contributed by atoms with van der Waals surface area (Å²) in [6.45, 7) is 2.19. The molecule has 1 atom stereocenters. The Bertz CT molecular complexity index is 482. The molecule has 0 aromatic heterocycles. The van der Waals surface area contributed by atoms with Gasteiger partial charge in [0.2, 0.25) is 5.91 Å². The fourth-order valence-corrected chi connectivity index (χ4v) is 2.34. The van der Waals surface area contributed by atoms with E-state index >= 15 is 0 Å². The molecule has 1 aliphatic heterocycles. The minimum absolute atomic E-state index is 0.124. The molecule has 1 N–H and O–H groups in total. The van der Waals surface area contributed by atoms with Crippen LogP contribution >= 0.6 is 0 Å². The van der Waals surface area contributed by atoms with Crippen molar-refractivity contribution < 1.29 is 14.7 Å². The predicted octanol–water partition coefficient (Wildman–Crippen LogP) is 1.76. The Balaban J connectivity index is 1.99. The molecule has 0 bridgehead atoms. The lowest BCUT2D eigenvalue weighted by atomic mass is 9.98. The summed E-state index contributed by atoms with van der Waals surface area (Å²) >= 11 is 0. The standard InChI is InChI=1S/C15H19NO3/c1-11(17)6-4-5-9-16-14(18)10-12-7-2-3-8-13(12)15(16)19/h2-3,7-8,11,17H,4-6,9-10H2,1H3. The lowest BCUT2D eigenvalue weighted by molar-refractivity contribution is -0.128. The van der Waals surface area contributed by atoms with Crippen molar-refractivity contribution in [1.82, 2.24) is 4.90 Å². The molecule has 19 heavy (non-hydrogen) atoms. The minimum Gasteiger partial charge on any atom is -0.393 e. The summed E-state index contributed by atoms with van der Waals surface area (Å²) in [5.41, 5.74) is 1.45. The Morgan fingerprint density at radius 3 is 2.74 bits per heavy atom. The van der Waals surface area contributed by atoms with E-state index in [9.17, 15) is 14.7 Å². The number of aliphatic hydroxyl groups excluding tert-OH is 1. The van der Waals surface area contributed by atoms with Gasteiger partial charge < -0.3 is 5.11 Å². The number of hydrogen-bond acceptors (Lipinski definition) is 3. The Morgan fingerprint density at radius 1 is 1.26 bits per heavy atom. The van der Waals surface area contributed by atoms with Crippen LogP contribution in [0.25, 0.3) is 0 Å². The zero-order valence-corrected chi connectivity index (χ0v) is 11.1. The van der Waals surface area contributed by atoms with Crippen molar-refractivity contribution in [3.8, 4) is 0 Å². The summed E-state index contributed by atoms with van der Waals surface area (Å²) in [5, 5.41) is 9.18. The molecule has 0 spiro atoms. The van der Waals surface area contributed by atoms with Crippen LogP contribution < -0.4 is 0 Å².